The highest BCUT2D eigenvalue weighted by atomic mass is 16.5. The molecule has 0 amide bonds. The van der Waals surface area contributed by atoms with Gasteiger partial charge in [-0.2, -0.15) is 0 Å². The first-order valence-electron chi connectivity index (χ1n) is 4.93. The van der Waals surface area contributed by atoms with Crippen LogP contribution in [0.2, 0.25) is 0 Å². The van der Waals surface area contributed by atoms with Crippen molar-refractivity contribution < 1.29 is 4.74 Å². The molecule has 2 bridgehead atoms. The molecule has 0 N–H and O–H groups in total. The molecule has 14 heavy (non-hydrogen) atoms. The number of morpholine rings is 1. The third kappa shape index (κ3) is 1.16. The minimum Gasteiger partial charge on any atom is -0.377 e. The second kappa shape index (κ2) is 3.16. The van der Waals surface area contributed by atoms with Gasteiger partial charge in [-0.3, -0.25) is 0 Å². The van der Waals surface area contributed by atoms with Gasteiger partial charge in [-0.25, -0.2) is 15.0 Å². The molecule has 2 aliphatic rings. The predicted molar refractivity (Wildman–Crippen MR) is 49.9 cm³/mol. The first-order valence-corrected chi connectivity index (χ1v) is 4.93. The van der Waals surface area contributed by atoms with Gasteiger partial charge in [0, 0.05) is 0 Å². The molecule has 0 aliphatic carbocycles. The van der Waals surface area contributed by atoms with E-state index >= 15 is 0 Å². The van der Waals surface area contributed by atoms with Crippen molar-refractivity contribution in [2.24, 2.45) is 0 Å². The van der Waals surface area contributed by atoms with Crippen LogP contribution in [-0.2, 0) is 4.74 Å². The minimum absolute atomic E-state index is 0.469. The molecule has 3 rings (SSSR count). The maximum atomic E-state index is 5.50. The molecule has 0 aromatic carbocycles. The van der Waals surface area contributed by atoms with E-state index in [4.69, 9.17) is 4.74 Å². The van der Waals surface area contributed by atoms with Gasteiger partial charge in [0.2, 0.25) is 5.95 Å². The molecule has 0 radical (unpaired) electrons. The van der Waals surface area contributed by atoms with E-state index in [0.29, 0.717) is 12.1 Å². The quantitative estimate of drug-likeness (QED) is 0.638. The highest BCUT2D eigenvalue weighted by molar-refractivity contribution is 5.35. The standard InChI is InChI=1S/C9H12N4O/c1-2-8-4-14-3-7(1)13(8)9-11-5-10-6-12-9/h5-8H,1-4H2. The van der Waals surface area contributed by atoms with E-state index in [0.717, 1.165) is 19.2 Å². The molecule has 0 spiro atoms. The summed E-state index contributed by atoms with van der Waals surface area (Å²) in [4.78, 5) is 14.5. The molecule has 0 saturated carbocycles. The van der Waals surface area contributed by atoms with Crippen LogP contribution in [0.4, 0.5) is 5.95 Å². The molecular weight excluding hydrogens is 180 g/mol. The Morgan fingerprint density at radius 1 is 1.14 bits per heavy atom. The summed E-state index contributed by atoms with van der Waals surface area (Å²) >= 11 is 0. The number of ether oxygens (including phenoxy) is 1. The SMILES string of the molecule is c1ncnc(N2C3CCC2COC3)n1. The van der Waals surface area contributed by atoms with Gasteiger partial charge in [0.25, 0.3) is 0 Å². The van der Waals surface area contributed by atoms with Gasteiger partial charge in [-0.05, 0) is 12.8 Å². The average Bonchev–Trinajstić information content (AvgIpc) is 2.50. The molecule has 2 unspecified atom stereocenters. The van der Waals surface area contributed by atoms with E-state index in [1.54, 1.807) is 12.7 Å². The average molecular weight is 192 g/mol. The highest BCUT2D eigenvalue weighted by Gasteiger charge is 2.38. The van der Waals surface area contributed by atoms with Crippen LogP contribution >= 0.6 is 0 Å². The monoisotopic (exact) mass is 192 g/mol. The van der Waals surface area contributed by atoms with Crippen LogP contribution in [0.5, 0.6) is 0 Å². The lowest BCUT2D eigenvalue weighted by atomic mass is 10.2. The maximum Gasteiger partial charge on any atom is 0.228 e. The van der Waals surface area contributed by atoms with Crippen molar-refractivity contribution in [3.05, 3.63) is 12.7 Å². The molecule has 2 aliphatic heterocycles. The molecule has 2 fully saturated rings. The zero-order valence-electron chi connectivity index (χ0n) is 7.83. The van der Waals surface area contributed by atoms with Crippen molar-refractivity contribution in [3.8, 4) is 0 Å². The normalized spacial score (nSPS) is 30.7. The molecule has 2 atom stereocenters. The molecule has 3 heterocycles. The smallest absolute Gasteiger partial charge is 0.228 e. The fraction of sp³-hybridized carbons (Fsp3) is 0.667. The van der Waals surface area contributed by atoms with Gasteiger partial charge >= 0.3 is 0 Å². The van der Waals surface area contributed by atoms with Crippen LogP contribution in [0.25, 0.3) is 0 Å². The number of hydrogen-bond donors (Lipinski definition) is 0. The summed E-state index contributed by atoms with van der Waals surface area (Å²) in [5, 5.41) is 0. The van der Waals surface area contributed by atoms with Crippen LogP contribution < -0.4 is 4.90 Å². The Kier molecular flexibility index (Phi) is 1.83. The second-order valence-electron chi connectivity index (χ2n) is 3.77. The number of fused-ring (bicyclic) bond motifs is 2. The molecular formula is C9H12N4O. The number of rotatable bonds is 1. The summed E-state index contributed by atoms with van der Waals surface area (Å²) < 4.78 is 5.50. The Balaban J connectivity index is 1.92. The number of hydrogen-bond acceptors (Lipinski definition) is 5. The number of anilines is 1. The van der Waals surface area contributed by atoms with Crippen LogP contribution in [0.15, 0.2) is 12.7 Å². The van der Waals surface area contributed by atoms with Gasteiger partial charge < -0.3 is 9.64 Å². The van der Waals surface area contributed by atoms with Crippen molar-refractivity contribution in [1.29, 1.82) is 0 Å². The maximum absolute atomic E-state index is 5.50. The number of nitrogens with zero attached hydrogens (tertiary/aromatic N) is 4. The van der Waals surface area contributed by atoms with Gasteiger partial charge in [0.05, 0.1) is 25.3 Å². The molecule has 74 valence electrons. The Labute approximate surface area is 82.1 Å². The zero-order valence-corrected chi connectivity index (χ0v) is 7.83. The Hall–Kier alpha value is -1.23. The van der Waals surface area contributed by atoms with E-state index in [-0.39, 0.29) is 0 Å². The fourth-order valence-electron chi connectivity index (χ4n) is 2.32. The summed E-state index contributed by atoms with van der Waals surface area (Å²) in [6, 6.07) is 0.937. The van der Waals surface area contributed by atoms with Crippen molar-refractivity contribution in [1.82, 2.24) is 15.0 Å². The lowest BCUT2D eigenvalue weighted by Gasteiger charge is -2.34. The highest BCUT2D eigenvalue weighted by Crippen LogP contribution is 2.31. The van der Waals surface area contributed by atoms with Crippen molar-refractivity contribution in [3.63, 3.8) is 0 Å². The molecule has 1 aromatic heterocycles. The van der Waals surface area contributed by atoms with E-state index < -0.39 is 0 Å². The lowest BCUT2D eigenvalue weighted by molar-refractivity contribution is 0.0897. The van der Waals surface area contributed by atoms with Crippen LogP contribution in [0.3, 0.4) is 0 Å². The number of aromatic nitrogens is 3. The molecule has 1 aromatic rings. The van der Waals surface area contributed by atoms with Crippen LogP contribution in [-0.4, -0.2) is 40.2 Å². The third-order valence-corrected chi connectivity index (χ3v) is 2.95. The first kappa shape index (κ1) is 8.11. The van der Waals surface area contributed by atoms with E-state index in [9.17, 15) is 0 Å². The largest absolute Gasteiger partial charge is 0.377 e. The molecule has 5 heteroatoms. The first-order chi connectivity index (χ1) is 6.95. The van der Waals surface area contributed by atoms with Gasteiger partial charge in [-0.1, -0.05) is 0 Å². The van der Waals surface area contributed by atoms with E-state index in [1.165, 1.54) is 12.8 Å². The van der Waals surface area contributed by atoms with Gasteiger partial charge in [0.1, 0.15) is 12.7 Å². The van der Waals surface area contributed by atoms with Gasteiger partial charge in [-0.15, -0.1) is 0 Å². The topological polar surface area (TPSA) is 51.1 Å². The van der Waals surface area contributed by atoms with Crippen LogP contribution in [0.1, 0.15) is 12.8 Å². The fourth-order valence-corrected chi connectivity index (χ4v) is 2.32. The summed E-state index contributed by atoms with van der Waals surface area (Å²) in [5.74, 6) is 0.802. The summed E-state index contributed by atoms with van der Waals surface area (Å²) in [6.45, 7) is 1.62. The molecule has 5 nitrogen and oxygen atoms in total. The Morgan fingerprint density at radius 2 is 1.79 bits per heavy atom. The zero-order chi connectivity index (χ0) is 9.38. The van der Waals surface area contributed by atoms with Crippen molar-refractivity contribution in [2.75, 3.05) is 18.1 Å². The second-order valence-corrected chi connectivity index (χ2v) is 3.77. The molecule has 2 saturated heterocycles. The van der Waals surface area contributed by atoms with Crippen molar-refractivity contribution in [2.45, 2.75) is 24.9 Å². The lowest BCUT2D eigenvalue weighted by Crippen LogP contribution is -2.46. The third-order valence-electron chi connectivity index (χ3n) is 2.95. The van der Waals surface area contributed by atoms with Crippen LogP contribution in [0, 0.1) is 0 Å². The van der Waals surface area contributed by atoms with E-state index in [1.807, 2.05) is 0 Å². The summed E-state index contributed by atoms with van der Waals surface area (Å²) in [6.07, 6.45) is 5.49. The minimum atomic E-state index is 0.469. The Morgan fingerprint density at radius 3 is 2.43 bits per heavy atom. The predicted octanol–water partition coefficient (Wildman–Crippen LogP) is 0.239. The van der Waals surface area contributed by atoms with E-state index in [2.05, 4.69) is 19.9 Å². The van der Waals surface area contributed by atoms with Crippen molar-refractivity contribution >= 4 is 5.95 Å². The Bertz CT molecular complexity index is 302. The van der Waals surface area contributed by atoms with Gasteiger partial charge in [0.15, 0.2) is 0 Å². The summed E-state index contributed by atoms with van der Waals surface area (Å²) in [7, 11) is 0. The summed E-state index contributed by atoms with van der Waals surface area (Å²) in [5.41, 5.74) is 0.